The third kappa shape index (κ3) is 6.89. The predicted molar refractivity (Wildman–Crippen MR) is 148 cm³/mol. The smallest absolute Gasteiger partial charge is 0.378 e. The molecular weight excluding hydrogens is 511 g/mol. The van der Waals surface area contributed by atoms with Gasteiger partial charge in [-0.05, 0) is 30.7 Å². The van der Waals surface area contributed by atoms with Gasteiger partial charge in [0.1, 0.15) is 0 Å². The molecule has 0 saturated heterocycles. The standard InChI is InChI=1S/C28H28F3N5OS/c1-36(2)21-15-13-20(14-16-21)25-24(19-9-4-3-5-10-19)34-27(35-25)38-18-8-17-32-26(37)33-23-12-7-6-11-22(23)28(29,30)31/h3-7,9-16H,8,17-18H2,1-2H3,(H,34,35)(H2,32,33,37). The van der Waals surface area contributed by atoms with Gasteiger partial charge in [-0.15, -0.1) is 0 Å². The van der Waals surface area contributed by atoms with Crippen LogP contribution >= 0.6 is 11.8 Å². The van der Waals surface area contributed by atoms with Gasteiger partial charge in [-0.2, -0.15) is 13.2 Å². The summed E-state index contributed by atoms with van der Waals surface area (Å²) in [6, 6.07) is 22.4. The van der Waals surface area contributed by atoms with Gasteiger partial charge in [0.2, 0.25) is 0 Å². The molecule has 0 aliphatic heterocycles. The van der Waals surface area contributed by atoms with Crippen LogP contribution in [0.15, 0.2) is 84.0 Å². The summed E-state index contributed by atoms with van der Waals surface area (Å²) in [4.78, 5) is 22.4. The van der Waals surface area contributed by atoms with Gasteiger partial charge in [0.05, 0.1) is 22.6 Å². The molecule has 0 atom stereocenters. The lowest BCUT2D eigenvalue weighted by Gasteiger charge is -2.13. The van der Waals surface area contributed by atoms with Gasteiger partial charge >= 0.3 is 12.2 Å². The molecule has 0 bridgehead atoms. The largest absolute Gasteiger partial charge is 0.418 e. The number of thioether (sulfide) groups is 1. The SMILES string of the molecule is CN(C)c1ccc(-c2[nH]c(SCCCNC(=O)Nc3ccccc3C(F)(F)F)nc2-c2ccccc2)cc1. The summed E-state index contributed by atoms with van der Waals surface area (Å²) in [6.07, 6.45) is -3.94. The molecule has 10 heteroatoms. The van der Waals surface area contributed by atoms with Crippen molar-refractivity contribution in [1.29, 1.82) is 0 Å². The minimum Gasteiger partial charge on any atom is -0.378 e. The molecular formula is C28H28F3N5OS. The van der Waals surface area contributed by atoms with Crippen LogP contribution < -0.4 is 15.5 Å². The first kappa shape index (κ1) is 27.1. The Bertz CT molecular complexity index is 1360. The molecule has 0 fully saturated rings. The van der Waals surface area contributed by atoms with Crippen molar-refractivity contribution < 1.29 is 18.0 Å². The minimum atomic E-state index is -4.55. The monoisotopic (exact) mass is 539 g/mol. The lowest BCUT2D eigenvalue weighted by molar-refractivity contribution is -0.136. The van der Waals surface area contributed by atoms with Gasteiger partial charge in [0.15, 0.2) is 5.16 Å². The molecule has 4 rings (SSSR count). The molecule has 38 heavy (non-hydrogen) atoms. The summed E-state index contributed by atoms with van der Waals surface area (Å²) in [5, 5.41) is 5.65. The second kappa shape index (κ2) is 12.1. The summed E-state index contributed by atoms with van der Waals surface area (Å²) in [5.74, 6) is 0.653. The van der Waals surface area contributed by atoms with Gasteiger partial charge in [-0.3, -0.25) is 0 Å². The van der Waals surface area contributed by atoms with Gasteiger partial charge in [-0.25, -0.2) is 9.78 Å². The zero-order valence-electron chi connectivity index (χ0n) is 21.0. The fourth-order valence-corrected chi connectivity index (χ4v) is 4.62. The zero-order valence-corrected chi connectivity index (χ0v) is 21.8. The van der Waals surface area contributed by atoms with E-state index in [0.29, 0.717) is 18.7 Å². The molecule has 0 radical (unpaired) electrons. The highest BCUT2D eigenvalue weighted by atomic mass is 32.2. The Kier molecular flexibility index (Phi) is 8.62. The van der Waals surface area contributed by atoms with Crippen LogP contribution in [-0.4, -0.2) is 42.4 Å². The summed E-state index contributed by atoms with van der Waals surface area (Å²) in [5.41, 5.74) is 3.73. The Morgan fingerprint density at radius 2 is 1.63 bits per heavy atom. The number of halogens is 3. The van der Waals surface area contributed by atoms with E-state index in [1.807, 2.05) is 49.3 Å². The van der Waals surface area contributed by atoms with E-state index in [9.17, 15) is 18.0 Å². The predicted octanol–water partition coefficient (Wildman–Crippen LogP) is 7.13. The molecule has 0 aliphatic carbocycles. The molecule has 1 aromatic heterocycles. The van der Waals surface area contributed by atoms with Crippen LogP contribution in [-0.2, 0) is 6.18 Å². The van der Waals surface area contributed by atoms with Crippen molar-refractivity contribution in [3.63, 3.8) is 0 Å². The number of carbonyl (C=O) groups excluding carboxylic acids is 1. The van der Waals surface area contributed by atoms with Crippen LogP contribution in [0.25, 0.3) is 22.5 Å². The number of carbonyl (C=O) groups is 1. The van der Waals surface area contributed by atoms with Crippen LogP contribution in [0.3, 0.4) is 0 Å². The van der Waals surface area contributed by atoms with Gasteiger partial charge in [0, 0.05) is 43.2 Å². The number of benzene rings is 3. The minimum absolute atomic E-state index is 0.276. The quantitative estimate of drug-likeness (QED) is 0.156. The second-order valence-electron chi connectivity index (χ2n) is 8.70. The normalized spacial score (nSPS) is 11.3. The Hall–Kier alpha value is -3.92. The van der Waals surface area contributed by atoms with Crippen molar-refractivity contribution in [1.82, 2.24) is 15.3 Å². The summed E-state index contributed by atoms with van der Waals surface area (Å²) >= 11 is 1.52. The highest BCUT2D eigenvalue weighted by Gasteiger charge is 2.33. The first-order chi connectivity index (χ1) is 18.2. The molecule has 1 heterocycles. The topological polar surface area (TPSA) is 73.1 Å². The number of H-pyrrole nitrogens is 1. The maximum absolute atomic E-state index is 13.1. The van der Waals surface area contributed by atoms with Crippen molar-refractivity contribution in [2.24, 2.45) is 0 Å². The van der Waals surface area contributed by atoms with Crippen molar-refractivity contribution in [2.45, 2.75) is 17.8 Å². The zero-order chi connectivity index (χ0) is 27.1. The Morgan fingerprint density at radius 1 is 0.947 bits per heavy atom. The number of hydrogen-bond donors (Lipinski definition) is 3. The van der Waals surface area contributed by atoms with Crippen LogP contribution in [0.4, 0.5) is 29.3 Å². The number of urea groups is 1. The van der Waals surface area contributed by atoms with E-state index in [2.05, 4.69) is 39.9 Å². The number of nitrogens with one attached hydrogen (secondary N) is 3. The average molecular weight is 540 g/mol. The van der Waals surface area contributed by atoms with Crippen LogP contribution in [0.1, 0.15) is 12.0 Å². The highest BCUT2D eigenvalue weighted by Crippen LogP contribution is 2.35. The van der Waals surface area contributed by atoms with E-state index >= 15 is 0 Å². The van der Waals surface area contributed by atoms with Crippen LogP contribution in [0, 0.1) is 0 Å². The summed E-state index contributed by atoms with van der Waals surface area (Å²) in [6.45, 7) is 0.304. The third-order valence-electron chi connectivity index (χ3n) is 5.73. The maximum Gasteiger partial charge on any atom is 0.418 e. The van der Waals surface area contributed by atoms with E-state index in [-0.39, 0.29) is 5.69 Å². The lowest BCUT2D eigenvalue weighted by Crippen LogP contribution is -2.30. The molecule has 0 saturated carbocycles. The van der Waals surface area contributed by atoms with Crippen LogP contribution in [0.2, 0.25) is 0 Å². The number of aromatic amines is 1. The van der Waals surface area contributed by atoms with E-state index < -0.39 is 17.8 Å². The van der Waals surface area contributed by atoms with Crippen molar-refractivity contribution >= 4 is 29.2 Å². The van der Waals surface area contributed by atoms with E-state index in [1.165, 1.54) is 30.0 Å². The third-order valence-corrected chi connectivity index (χ3v) is 6.69. The fraction of sp³-hybridized carbons (Fsp3) is 0.214. The number of amides is 2. The van der Waals surface area contributed by atoms with E-state index in [1.54, 1.807) is 0 Å². The fourth-order valence-electron chi connectivity index (χ4n) is 3.81. The molecule has 4 aromatic rings. The number of nitrogens with zero attached hydrogens (tertiary/aromatic N) is 2. The molecule has 2 amide bonds. The first-order valence-corrected chi connectivity index (χ1v) is 13.0. The second-order valence-corrected chi connectivity index (χ2v) is 9.78. The maximum atomic E-state index is 13.1. The Labute approximate surface area is 223 Å². The molecule has 198 valence electrons. The lowest BCUT2D eigenvalue weighted by atomic mass is 10.0. The molecule has 0 spiro atoms. The molecule has 0 aliphatic rings. The number of anilines is 2. The number of aromatic nitrogens is 2. The average Bonchev–Trinajstić information content (AvgIpc) is 3.33. The number of para-hydroxylation sites is 1. The molecule has 3 aromatic carbocycles. The number of imidazole rings is 1. The van der Waals surface area contributed by atoms with Gasteiger partial charge < -0.3 is 20.5 Å². The highest BCUT2D eigenvalue weighted by molar-refractivity contribution is 7.99. The summed E-state index contributed by atoms with van der Waals surface area (Å²) in [7, 11) is 3.99. The number of rotatable bonds is 9. The number of alkyl halides is 3. The van der Waals surface area contributed by atoms with E-state index in [4.69, 9.17) is 4.98 Å². The van der Waals surface area contributed by atoms with Gasteiger partial charge in [-0.1, -0.05) is 66.4 Å². The van der Waals surface area contributed by atoms with Crippen molar-refractivity contribution in [3.05, 3.63) is 84.4 Å². The van der Waals surface area contributed by atoms with E-state index in [0.717, 1.165) is 39.4 Å². The first-order valence-electron chi connectivity index (χ1n) is 12.0. The van der Waals surface area contributed by atoms with Crippen LogP contribution in [0.5, 0.6) is 0 Å². The van der Waals surface area contributed by atoms with Crippen molar-refractivity contribution in [3.8, 4) is 22.5 Å². The molecule has 6 nitrogen and oxygen atoms in total. The van der Waals surface area contributed by atoms with Gasteiger partial charge in [0.25, 0.3) is 0 Å². The Balaban J connectivity index is 1.36. The molecule has 3 N–H and O–H groups in total. The molecule has 0 unspecified atom stereocenters. The summed E-state index contributed by atoms with van der Waals surface area (Å²) < 4.78 is 39.4. The van der Waals surface area contributed by atoms with Crippen molar-refractivity contribution in [2.75, 3.05) is 36.6 Å². The number of hydrogen-bond acceptors (Lipinski definition) is 4. The Morgan fingerprint density at radius 3 is 2.32 bits per heavy atom.